The molecule has 0 amide bonds. The highest BCUT2D eigenvalue weighted by Crippen LogP contribution is 2.50. The topological polar surface area (TPSA) is 83.1 Å². The first-order chi connectivity index (χ1) is 17.3. The zero-order chi connectivity index (χ0) is 25.6. The summed E-state index contributed by atoms with van der Waals surface area (Å²) in [5, 5.41) is 3.67. The Morgan fingerprint density at radius 2 is 1.83 bits per heavy atom. The number of benzene rings is 2. The molecule has 2 aromatic carbocycles. The number of esters is 1. The maximum Gasteiger partial charge on any atom is 0.316 e. The second-order valence-corrected chi connectivity index (χ2v) is 9.92. The summed E-state index contributed by atoms with van der Waals surface area (Å²) in [5.41, 5.74) is 3.42. The standard InChI is InChI=1S/C28H28ClNO6/c1-14(2)36-28(32)25-15(3)30-21-9-17(16-5-7-18(33-4)8-6-16)10-22(31)27(21)26(25)19-11-23-24(12-20(19)29)35-13-34-23/h5-8,11-12,14,17,25-26,30H,3,9-10,13H2,1-2,4H3. The molecule has 0 radical (unpaired) electrons. The number of halogens is 1. The van der Waals surface area contributed by atoms with Crippen molar-refractivity contribution in [1.29, 1.82) is 0 Å². The number of ether oxygens (including phenoxy) is 4. The Bertz CT molecular complexity index is 1270. The van der Waals surface area contributed by atoms with Gasteiger partial charge in [0.05, 0.1) is 13.2 Å². The molecule has 3 atom stereocenters. The van der Waals surface area contributed by atoms with Crippen LogP contribution in [0, 0.1) is 5.92 Å². The first-order valence-electron chi connectivity index (χ1n) is 11.9. The summed E-state index contributed by atoms with van der Waals surface area (Å²) in [6, 6.07) is 11.2. The summed E-state index contributed by atoms with van der Waals surface area (Å²) in [6.45, 7) is 7.83. The molecule has 1 aliphatic carbocycles. The third-order valence-electron chi connectivity index (χ3n) is 6.86. The van der Waals surface area contributed by atoms with Gasteiger partial charge < -0.3 is 24.3 Å². The number of allylic oxidation sites excluding steroid dienone is 2. The summed E-state index contributed by atoms with van der Waals surface area (Å²) in [7, 11) is 1.62. The molecular weight excluding hydrogens is 482 g/mol. The van der Waals surface area contributed by atoms with Gasteiger partial charge in [0.1, 0.15) is 11.7 Å². The van der Waals surface area contributed by atoms with E-state index in [2.05, 4.69) is 11.9 Å². The van der Waals surface area contributed by atoms with Gasteiger partial charge in [-0.3, -0.25) is 9.59 Å². The maximum absolute atomic E-state index is 13.8. The van der Waals surface area contributed by atoms with Gasteiger partial charge in [0.15, 0.2) is 17.3 Å². The van der Waals surface area contributed by atoms with Gasteiger partial charge in [0, 0.05) is 40.4 Å². The Hall–Kier alpha value is -3.45. The van der Waals surface area contributed by atoms with Crippen molar-refractivity contribution in [2.75, 3.05) is 13.9 Å². The molecule has 0 saturated carbocycles. The number of hydrogen-bond acceptors (Lipinski definition) is 7. The van der Waals surface area contributed by atoms with E-state index in [9.17, 15) is 9.59 Å². The fourth-order valence-corrected chi connectivity index (χ4v) is 5.52. The molecule has 5 rings (SSSR count). The molecule has 36 heavy (non-hydrogen) atoms. The fourth-order valence-electron chi connectivity index (χ4n) is 5.25. The van der Waals surface area contributed by atoms with Crippen LogP contribution in [0.25, 0.3) is 0 Å². The summed E-state index contributed by atoms with van der Waals surface area (Å²) in [5.74, 6) is -0.200. The van der Waals surface area contributed by atoms with Crippen LogP contribution in [0.1, 0.15) is 49.7 Å². The quantitative estimate of drug-likeness (QED) is 0.551. The fraction of sp³-hybridized carbons (Fsp3) is 0.357. The normalized spacial score (nSPS) is 22.9. The molecular formula is C28H28ClNO6. The Morgan fingerprint density at radius 1 is 1.14 bits per heavy atom. The van der Waals surface area contributed by atoms with Gasteiger partial charge in [-0.25, -0.2) is 0 Å². The van der Waals surface area contributed by atoms with Crippen molar-refractivity contribution in [3.63, 3.8) is 0 Å². The number of Topliss-reactive ketones (excluding diaryl/α,β-unsaturated/α-hetero) is 1. The van der Waals surface area contributed by atoms with Gasteiger partial charge >= 0.3 is 5.97 Å². The van der Waals surface area contributed by atoms with Crippen LogP contribution in [0.4, 0.5) is 0 Å². The number of methoxy groups -OCH3 is 1. The third-order valence-corrected chi connectivity index (χ3v) is 7.19. The van der Waals surface area contributed by atoms with Gasteiger partial charge in [-0.1, -0.05) is 30.3 Å². The smallest absolute Gasteiger partial charge is 0.316 e. The minimum absolute atomic E-state index is 0.0190. The van der Waals surface area contributed by atoms with Crippen LogP contribution >= 0.6 is 11.6 Å². The number of ketones is 1. The minimum atomic E-state index is -0.828. The van der Waals surface area contributed by atoms with Gasteiger partial charge in [-0.05, 0) is 55.5 Å². The lowest BCUT2D eigenvalue weighted by Crippen LogP contribution is -2.42. The zero-order valence-electron chi connectivity index (χ0n) is 20.4. The average molecular weight is 510 g/mol. The predicted octanol–water partition coefficient (Wildman–Crippen LogP) is 5.25. The third kappa shape index (κ3) is 4.32. The van der Waals surface area contributed by atoms with Crippen molar-refractivity contribution in [2.45, 2.75) is 44.6 Å². The Morgan fingerprint density at radius 3 is 2.50 bits per heavy atom. The molecule has 0 aromatic heterocycles. The Labute approximate surface area is 215 Å². The van der Waals surface area contributed by atoms with Crippen LogP contribution in [-0.4, -0.2) is 31.8 Å². The van der Waals surface area contributed by atoms with Gasteiger partial charge in [-0.2, -0.15) is 0 Å². The number of hydrogen-bond donors (Lipinski definition) is 1. The van der Waals surface area contributed by atoms with Gasteiger partial charge in [-0.15, -0.1) is 0 Å². The van der Waals surface area contributed by atoms with Crippen molar-refractivity contribution in [3.05, 3.63) is 76.1 Å². The first kappa shape index (κ1) is 24.3. The molecule has 0 fully saturated rings. The minimum Gasteiger partial charge on any atom is -0.497 e. The molecule has 188 valence electrons. The molecule has 0 bridgehead atoms. The number of rotatable bonds is 5. The van der Waals surface area contributed by atoms with E-state index in [1.165, 1.54) is 0 Å². The lowest BCUT2D eigenvalue weighted by Gasteiger charge is -2.40. The van der Waals surface area contributed by atoms with Gasteiger partial charge in [0.25, 0.3) is 0 Å². The molecule has 1 N–H and O–H groups in total. The van der Waals surface area contributed by atoms with E-state index in [-0.39, 0.29) is 24.6 Å². The van der Waals surface area contributed by atoms with Crippen LogP contribution < -0.4 is 19.5 Å². The van der Waals surface area contributed by atoms with E-state index in [1.54, 1.807) is 33.1 Å². The lowest BCUT2D eigenvalue weighted by atomic mass is 9.69. The Balaban J connectivity index is 1.60. The number of nitrogens with one attached hydrogen (secondary N) is 1. The SMILES string of the molecule is C=C1NC2=C(C(=O)CC(c3ccc(OC)cc3)C2)C(c2cc3c(cc2Cl)OCO3)C1C(=O)OC(C)C. The average Bonchev–Trinajstić information content (AvgIpc) is 3.29. The second kappa shape index (κ2) is 9.54. The van der Waals surface area contributed by atoms with Crippen molar-refractivity contribution in [2.24, 2.45) is 5.92 Å². The molecule has 0 spiro atoms. The molecule has 8 heteroatoms. The van der Waals surface area contributed by atoms with Crippen molar-refractivity contribution >= 4 is 23.4 Å². The molecule has 2 heterocycles. The molecule has 3 aliphatic rings. The van der Waals surface area contributed by atoms with E-state index in [1.807, 2.05) is 24.3 Å². The zero-order valence-corrected chi connectivity index (χ0v) is 21.2. The van der Waals surface area contributed by atoms with Crippen LogP contribution in [0.2, 0.25) is 5.02 Å². The largest absolute Gasteiger partial charge is 0.497 e. The monoisotopic (exact) mass is 509 g/mol. The summed E-state index contributed by atoms with van der Waals surface area (Å²) < 4.78 is 21.9. The van der Waals surface area contributed by atoms with E-state index in [4.69, 9.17) is 30.5 Å². The van der Waals surface area contributed by atoms with E-state index in [0.717, 1.165) is 17.0 Å². The molecule has 3 unspecified atom stereocenters. The highest BCUT2D eigenvalue weighted by molar-refractivity contribution is 6.31. The highest BCUT2D eigenvalue weighted by Gasteiger charge is 2.46. The van der Waals surface area contributed by atoms with E-state index >= 15 is 0 Å². The van der Waals surface area contributed by atoms with Crippen LogP contribution in [0.3, 0.4) is 0 Å². The van der Waals surface area contributed by atoms with E-state index in [0.29, 0.717) is 46.2 Å². The predicted molar refractivity (Wildman–Crippen MR) is 134 cm³/mol. The van der Waals surface area contributed by atoms with Crippen molar-refractivity contribution in [1.82, 2.24) is 5.32 Å². The molecule has 2 aromatic rings. The van der Waals surface area contributed by atoms with Crippen molar-refractivity contribution in [3.8, 4) is 17.2 Å². The second-order valence-electron chi connectivity index (χ2n) is 9.51. The van der Waals surface area contributed by atoms with E-state index < -0.39 is 17.8 Å². The number of carbonyl (C=O) groups is 2. The first-order valence-corrected chi connectivity index (χ1v) is 12.3. The van der Waals surface area contributed by atoms with Crippen LogP contribution in [-0.2, 0) is 14.3 Å². The number of fused-ring (bicyclic) bond motifs is 1. The van der Waals surface area contributed by atoms with Crippen LogP contribution in [0.5, 0.6) is 17.2 Å². The lowest BCUT2D eigenvalue weighted by molar-refractivity contribution is -0.151. The summed E-state index contributed by atoms with van der Waals surface area (Å²) in [6.07, 6.45) is 0.580. The van der Waals surface area contributed by atoms with Crippen LogP contribution in [0.15, 0.2) is 59.9 Å². The Kier molecular flexibility index (Phi) is 6.43. The van der Waals surface area contributed by atoms with Crippen molar-refractivity contribution < 1.29 is 28.5 Å². The molecule has 0 saturated heterocycles. The summed E-state index contributed by atoms with van der Waals surface area (Å²) >= 11 is 6.71. The van der Waals surface area contributed by atoms with Gasteiger partial charge in [0.2, 0.25) is 6.79 Å². The summed E-state index contributed by atoms with van der Waals surface area (Å²) in [4.78, 5) is 27.1. The highest BCUT2D eigenvalue weighted by atomic mass is 35.5. The maximum atomic E-state index is 13.8. The number of carbonyl (C=O) groups excluding carboxylic acids is 2. The molecule has 7 nitrogen and oxygen atoms in total. The molecule has 2 aliphatic heterocycles.